The quantitative estimate of drug-likeness (QED) is 0.546. The molecule has 1 heterocycles. The predicted molar refractivity (Wildman–Crippen MR) is 93.9 cm³/mol. The van der Waals surface area contributed by atoms with Gasteiger partial charge in [0.05, 0.1) is 13.2 Å². The lowest BCUT2D eigenvalue weighted by Gasteiger charge is -2.18. The van der Waals surface area contributed by atoms with Gasteiger partial charge < -0.3 is 30.2 Å². The van der Waals surface area contributed by atoms with Crippen LogP contribution in [0.25, 0.3) is 10.9 Å². The molecule has 0 bridgehead atoms. The number of carbonyl (C=O) groups excluding carboxylic acids is 2. The summed E-state index contributed by atoms with van der Waals surface area (Å²) >= 11 is 0. The highest BCUT2D eigenvalue weighted by atomic mass is 16.5. The van der Waals surface area contributed by atoms with Gasteiger partial charge >= 0.3 is 18.0 Å². The summed E-state index contributed by atoms with van der Waals surface area (Å²) in [5, 5.41) is 24.1. The maximum Gasteiger partial charge on any atom is 0.337 e. The Kier molecular flexibility index (Phi) is 5.83. The molecule has 0 aliphatic rings. The van der Waals surface area contributed by atoms with Crippen LogP contribution in [0.5, 0.6) is 0 Å². The fraction of sp³-hybridized carbons (Fsp3) is 0.353. The fourth-order valence-electron chi connectivity index (χ4n) is 2.26. The van der Waals surface area contributed by atoms with Crippen LogP contribution in [0, 0.1) is 0 Å². The molecule has 9 nitrogen and oxygen atoms in total. The van der Waals surface area contributed by atoms with E-state index >= 15 is 0 Å². The van der Waals surface area contributed by atoms with Gasteiger partial charge in [0.15, 0.2) is 5.60 Å². The van der Waals surface area contributed by atoms with E-state index in [-0.39, 0.29) is 12.5 Å². The van der Waals surface area contributed by atoms with E-state index in [1.807, 2.05) is 0 Å². The van der Waals surface area contributed by atoms with E-state index in [1.54, 1.807) is 42.0 Å². The van der Waals surface area contributed by atoms with Gasteiger partial charge in [0.2, 0.25) is 0 Å². The molecular weight excluding hydrogens is 342 g/mol. The van der Waals surface area contributed by atoms with Crippen molar-refractivity contribution in [3.05, 3.63) is 30.5 Å². The number of ether oxygens (including phenoxy) is 1. The number of esters is 1. The first-order chi connectivity index (χ1) is 12.2. The van der Waals surface area contributed by atoms with Gasteiger partial charge in [0, 0.05) is 22.8 Å². The van der Waals surface area contributed by atoms with E-state index in [2.05, 4.69) is 10.6 Å². The van der Waals surface area contributed by atoms with Crippen LogP contribution < -0.4 is 10.6 Å². The molecule has 2 rings (SSSR count). The Hall–Kier alpha value is -3.07. The monoisotopic (exact) mass is 363 g/mol. The summed E-state index contributed by atoms with van der Waals surface area (Å²) in [6.07, 6.45) is 1.75. The zero-order valence-corrected chi connectivity index (χ0v) is 14.5. The second kappa shape index (κ2) is 7.87. The SMILES string of the molecule is CCOC(=O)Cn1ccc2cc(NC(=O)NCC(C)(O)C(=O)O)ccc21. The number of rotatable bonds is 7. The molecule has 0 fully saturated rings. The Bertz CT molecular complexity index is 827. The molecule has 26 heavy (non-hydrogen) atoms. The van der Waals surface area contributed by atoms with Crippen molar-refractivity contribution in [2.45, 2.75) is 26.0 Å². The first kappa shape index (κ1) is 19.3. The number of carboxylic acid groups (broad SMARTS) is 1. The van der Waals surface area contributed by atoms with Crippen molar-refractivity contribution < 1.29 is 29.3 Å². The van der Waals surface area contributed by atoms with Gasteiger partial charge in [-0.1, -0.05) is 0 Å². The molecule has 1 aromatic heterocycles. The van der Waals surface area contributed by atoms with E-state index in [1.165, 1.54) is 0 Å². The molecule has 2 aromatic rings. The topological polar surface area (TPSA) is 130 Å². The minimum atomic E-state index is -2.05. The maximum atomic E-state index is 11.8. The van der Waals surface area contributed by atoms with E-state index in [9.17, 15) is 19.5 Å². The van der Waals surface area contributed by atoms with Gasteiger partial charge in [-0.05, 0) is 38.1 Å². The number of urea groups is 1. The normalized spacial score (nSPS) is 13.0. The summed E-state index contributed by atoms with van der Waals surface area (Å²) in [5.74, 6) is -1.76. The lowest BCUT2D eigenvalue weighted by Crippen LogP contribution is -2.47. The molecule has 1 aromatic carbocycles. The van der Waals surface area contributed by atoms with Crippen molar-refractivity contribution in [2.24, 2.45) is 0 Å². The molecule has 0 saturated heterocycles. The van der Waals surface area contributed by atoms with Gasteiger partial charge in [-0.15, -0.1) is 0 Å². The van der Waals surface area contributed by atoms with Crippen molar-refractivity contribution in [3.8, 4) is 0 Å². The highest BCUT2D eigenvalue weighted by molar-refractivity contribution is 5.93. The van der Waals surface area contributed by atoms with Crippen LogP contribution in [0.15, 0.2) is 30.5 Å². The standard InChI is InChI=1S/C17H21N3O6/c1-3-26-14(21)9-20-7-6-11-8-12(4-5-13(11)20)19-16(24)18-10-17(2,25)15(22)23/h4-8,25H,3,9-10H2,1-2H3,(H,22,23)(H2,18,19,24). The zero-order valence-electron chi connectivity index (χ0n) is 14.5. The first-order valence-electron chi connectivity index (χ1n) is 7.98. The van der Waals surface area contributed by atoms with E-state index in [0.717, 1.165) is 17.8 Å². The highest BCUT2D eigenvalue weighted by Gasteiger charge is 2.30. The highest BCUT2D eigenvalue weighted by Crippen LogP contribution is 2.20. The number of aliphatic carboxylic acids is 1. The smallest absolute Gasteiger partial charge is 0.337 e. The molecule has 4 N–H and O–H groups in total. The number of amides is 2. The number of carbonyl (C=O) groups is 3. The molecule has 0 spiro atoms. The Morgan fingerprint density at radius 2 is 2.00 bits per heavy atom. The number of anilines is 1. The van der Waals surface area contributed by atoms with Crippen LogP contribution in [-0.4, -0.2) is 51.5 Å². The summed E-state index contributed by atoms with van der Waals surface area (Å²) in [4.78, 5) is 34.2. The van der Waals surface area contributed by atoms with Crippen molar-refractivity contribution >= 4 is 34.6 Å². The number of aliphatic hydroxyl groups is 1. The third-order valence-electron chi connectivity index (χ3n) is 3.69. The van der Waals surface area contributed by atoms with Crippen LogP contribution in [0.4, 0.5) is 10.5 Å². The Labute approximate surface area is 149 Å². The van der Waals surface area contributed by atoms with Crippen LogP contribution in [-0.2, 0) is 20.9 Å². The molecule has 0 saturated carbocycles. The molecule has 0 aliphatic heterocycles. The number of benzene rings is 1. The van der Waals surface area contributed by atoms with E-state index in [0.29, 0.717) is 12.3 Å². The minimum Gasteiger partial charge on any atom is -0.479 e. The molecule has 140 valence electrons. The van der Waals surface area contributed by atoms with Crippen molar-refractivity contribution in [3.63, 3.8) is 0 Å². The zero-order chi connectivity index (χ0) is 19.3. The second-order valence-corrected chi connectivity index (χ2v) is 5.91. The number of hydrogen-bond donors (Lipinski definition) is 4. The predicted octanol–water partition coefficient (Wildman–Crippen LogP) is 1.16. The summed E-state index contributed by atoms with van der Waals surface area (Å²) < 4.78 is 6.66. The van der Waals surface area contributed by atoms with Gasteiger partial charge in [-0.25, -0.2) is 9.59 Å². The van der Waals surface area contributed by atoms with Crippen molar-refractivity contribution in [1.82, 2.24) is 9.88 Å². The summed E-state index contributed by atoms with van der Waals surface area (Å²) in [7, 11) is 0. The Morgan fingerprint density at radius 1 is 1.27 bits per heavy atom. The van der Waals surface area contributed by atoms with Crippen molar-refractivity contribution in [1.29, 1.82) is 0 Å². The van der Waals surface area contributed by atoms with Gasteiger partial charge in [-0.2, -0.15) is 0 Å². The number of carboxylic acids is 1. The molecular formula is C17H21N3O6. The molecule has 1 atom stereocenters. The molecule has 0 radical (unpaired) electrons. The second-order valence-electron chi connectivity index (χ2n) is 5.91. The number of hydrogen-bond acceptors (Lipinski definition) is 5. The van der Waals surface area contributed by atoms with Gasteiger partial charge in [-0.3, -0.25) is 4.79 Å². The lowest BCUT2D eigenvalue weighted by molar-refractivity contribution is -0.155. The number of nitrogens with zero attached hydrogens (tertiary/aromatic N) is 1. The molecule has 2 amide bonds. The minimum absolute atomic E-state index is 0.0921. The first-order valence-corrected chi connectivity index (χ1v) is 7.98. The number of aromatic nitrogens is 1. The van der Waals surface area contributed by atoms with E-state index in [4.69, 9.17) is 9.84 Å². The fourth-order valence-corrected chi connectivity index (χ4v) is 2.26. The third-order valence-corrected chi connectivity index (χ3v) is 3.69. The third kappa shape index (κ3) is 4.73. The number of nitrogens with one attached hydrogen (secondary N) is 2. The van der Waals surface area contributed by atoms with Crippen LogP contribution in [0.3, 0.4) is 0 Å². The lowest BCUT2D eigenvalue weighted by atomic mass is 10.1. The average Bonchev–Trinajstić information content (AvgIpc) is 2.95. The molecule has 0 aliphatic carbocycles. The van der Waals surface area contributed by atoms with Gasteiger partial charge in [0.25, 0.3) is 0 Å². The summed E-state index contributed by atoms with van der Waals surface area (Å²) in [6.45, 7) is 2.80. The Morgan fingerprint density at radius 3 is 2.65 bits per heavy atom. The summed E-state index contributed by atoms with van der Waals surface area (Å²) in [6, 6.07) is 6.27. The maximum absolute atomic E-state index is 11.8. The Balaban J connectivity index is 2.02. The van der Waals surface area contributed by atoms with Crippen LogP contribution >= 0.6 is 0 Å². The van der Waals surface area contributed by atoms with Crippen molar-refractivity contribution in [2.75, 3.05) is 18.5 Å². The largest absolute Gasteiger partial charge is 0.479 e. The molecule has 1 unspecified atom stereocenters. The summed E-state index contributed by atoms with van der Waals surface area (Å²) in [5.41, 5.74) is -0.761. The van der Waals surface area contributed by atoms with Crippen LogP contribution in [0.2, 0.25) is 0 Å². The number of fused-ring (bicyclic) bond motifs is 1. The van der Waals surface area contributed by atoms with E-state index < -0.39 is 24.1 Å². The van der Waals surface area contributed by atoms with Crippen LogP contribution in [0.1, 0.15) is 13.8 Å². The average molecular weight is 363 g/mol. The van der Waals surface area contributed by atoms with Gasteiger partial charge in [0.1, 0.15) is 6.54 Å². The molecule has 9 heteroatoms.